The number of ether oxygens (including phenoxy) is 1. The molecule has 3 N–H and O–H groups in total. The van der Waals surface area contributed by atoms with E-state index in [0.29, 0.717) is 31.2 Å². The van der Waals surface area contributed by atoms with Crippen molar-refractivity contribution in [3.63, 3.8) is 0 Å². The van der Waals surface area contributed by atoms with E-state index in [9.17, 15) is 9.59 Å². The third-order valence-corrected chi connectivity index (χ3v) is 4.87. The Balaban J connectivity index is 1.20. The Morgan fingerprint density at radius 3 is 2.92 bits per heavy atom. The van der Waals surface area contributed by atoms with Gasteiger partial charge in [0.1, 0.15) is 11.4 Å². The molecule has 2 heterocycles. The Morgan fingerprint density at radius 1 is 1.20 bits per heavy atom. The number of aromatic nitrogens is 1. The highest BCUT2D eigenvalue weighted by atomic mass is 16.5. The molecule has 2 aromatic rings. The molecule has 25 heavy (non-hydrogen) atoms. The molecule has 1 aliphatic carbocycles. The van der Waals surface area contributed by atoms with E-state index in [1.165, 1.54) is 0 Å². The molecule has 1 saturated carbocycles. The maximum absolute atomic E-state index is 12.2. The van der Waals surface area contributed by atoms with Gasteiger partial charge in [-0.3, -0.25) is 9.59 Å². The SMILES string of the molecule is O=C(CC1COc2ccccc21)NCC1CC1NC(=O)c1ccc[nH]1. The highest BCUT2D eigenvalue weighted by Crippen LogP contribution is 2.35. The maximum Gasteiger partial charge on any atom is 0.267 e. The predicted octanol–water partition coefficient (Wildman–Crippen LogP) is 1.82. The number of benzene rings is 1. The van der Waals surface area contributed by atoms with Gasteiger partial charge in [-0.15, -0.1) is 0 Å². The second kappa shape index (κ2) is 6.63. The molecule has 1 aromatic heterocycles. The summed E-state index contributed by atoms with van der Waals surface area (Å²) in [5, 5.41) is 5.96. The van der Waals surface area contributed by atoms with Gasteiger partial charge in [0.25, 0.3) is 5.91 Å². The zero-order valence-corrected chi connectivity index (χ0v) is 13.8. The van der Waals surface area contributed by atoms with Crippen LogP contribution in [0.1, 0.15) is 34.8 Å². The zero-order chi connectivity index (χ0) is 17.2. The first-order chi connectivity index (χ1) is 12.2. The second-order valence-corrected chi connectivity index (χ2v) is 6.71. The lowest BCUT2D eigenvalue weighted by atomic mass is 9.97. The molecule has 0 saturated heterocycles. The van der Waals surface area contributed by atoms with Crippen molar-refractivity contribution in [2.45, 2.75) is 24.8 Å². The Kier molecular flexibility index (Phi) is 4.17. The van der Waals surface area contributed by atoms with Crippen molar-refractivity contribution in [1.29, 1.82) is 0 Å². The molecule has 0 radical (unpaired) electrons. The van der Waals surface area contributed by atoms with Gasteiger partial charge in [0, 0.05) is 36.7 Å². The number of carbonyl (C=O) groups excluding carboxylic acids is 2. The van der Waals surface area contributed by atoms with E-state index in [0.717, 1.165) is 17.7 Å². The topological polar surface area (TPSA) is 83.2 Å². The quantitative estimate of drug-likeness (QED) is 0.751. The van der Waals surface area contributed by atoms with Crippen molar-refractivity contribution >= 4 is 11.8 Å². The van der Waals surface area contributed by atoms with Crippen molar-refractivity contribution in [3.8, 4) is 5.75 Å². The lowest BCUT2D eigenvalue weighted by Crippen LogP contribution is -2.32. The second-order valence-electron chi connectivity index (χ2n) is 6.71. The number of hydrogen-bond acceptors (Lipinski definition) is 3. The fourth-order valence-electron chi connectivity index (χ4n) is 3.31. The van der Waals surface area contributed by atoms with Crippen LogP contribution < -0.4 is 15.4 Å². The molecule has 4 rings (SSSR count). The number of amides is 2. The van der Waals surface area contributed by atoms with Crippen LogP contribution >= 0.6 is 0 Å². The van der Waals surface area contributed by atoms with Crippen LogP contribution in [0.4, 0.5) is 0 Å². The summed E-state index contributed by atoms with van der Waals surface area (Å²) in [5.41, 5.74) is 1.68. The Hall–Kier alpha value is -2.76. The van der Waals surface area contributed by atoms with Gasteiger partial charge in [0.15, 0.2) is 0 Å². The van der Waals surface area contributed by atoms with Crippen LogP contribution in [-0.4, -0.2) is 36.0 Å². The first kappa shape index (κ1) is 15.7. The molecule has 6 heteroatoms. The fraction of sp³-hybridized carbons (Fsp3) is 0.368. The molecule has 1 aromatic carbocycles. The van der Waals surface area contributed by atoms with Gasteiger partial charge in [-0.05, 0) is 30.5 Å². The molecular weight excluding hydrogens is 318 g/mol. The first-order valence-electron chi connectivity index (χ1n) is 8.63. The molecular formula is C19H21N3O3. The maximum atomic E-state index is 12.2. The normalized spacial score (nSPS) is 23.4. The molecule has 3 atom stereocenters. The highest BCUT2D eigenvalue weighted by molar-refractivity contribution is 5.92. The summed E-state index contributed by atoms with van der Waals surface area (Å²) in [6.07, 6.45) is 3.07. The van der Waals surface area contributed by atoms with E-state index in [-0.39, 0.29) is 23.8 Å². The average Bonchev–Trinajstić information content (AvgIpc) is 3.03. The minimum absolute atomic E-state index is 0.0339. The highest BCUT2D eigenvalue weighted by Gasteiger charge is 2.38. The van der Waals surface area contributed by atoms with E-state index in [4.69, 9.17) is 4.74 Å². The molecule has 0 bridgehead atoms. The van der Waals surface area contributed by atoms with Gasteiger partial charge in [-0.2, -0.15) is 0 Å². The number of nitrogens with one attached hydrogen (secondary N) is 3. The van der Waals surface area contributed by atoms with Crippen LogP contribution in [0.5, 0.6) is 5.75 Å². The van der Waals surface area contributed by atoms with Crippen LogP contribution in [0, 0.1) is 5.92 Å². The lowest BCUT2D eigenvalue weighted by molar-refractivity contribution is -0.121. The van der Waals surface area contributed by atoms with Crippen LogP contribution in [0.3, 0.4) is 0 Å². The Labute approximate surface area is 146 Å². The van der Waals surface area contributed by atoms with E-state index >= 15 is 0 Å². The van der Waals surface area contributed by atoms with Crippen molar-refractivity contribution in [1.82, 2.24) is 15.6 Å². The monoisotopic (exact) mass is 339 g/mol. The third-order valence-electron chi connectivity index (χ3n) is 4.87. The summed E-state index contributed by atoms with van der Waals surface area (Å²) in [4.78, 5) is 27.0. The first-order valence-corrected chi connectivity index (χ1v) is 8.63. The molecule has 1 fully saturated rings. The summed E-state index contributed by atoms with van der Waals surface area (Å²) in [6, 6.07) is 11.6. The minimum atomic E-state index is -0.0939. The van der Waals surface area contributed by atoms with Gasteiger partial charge in [0.2, 0.25) is 5.91 Å². The van der Waals surface area contributed by atoms with Crippen LogP contribution in [0.2, 0.25) is 0 Å². The number of rotatable bonds is 6. The van der Waals surface area contributed by atoms with E-state index in [1.807, 2.05) is 24.3 Å². The van der Waals surface area contributed by atoms with Gasteiger partial charge in [-0.25, -0.2) is 0 Å². The number of H-pyrrole nitrogens is 1. The summed E-state index contributed by atoms with van der Waals surface area (Å²) >= 11 is 0. The van der Waals surface area contributed by atoms with Crippen molar-refractivity contribution in [2.24, 2.45) is 5.92 Å². The molecule has 0 spiro atoms. The van der Waals surface area contributed by atoms with Gasteiger partial charge in [0.05, 0.1) is 6.61 Å². The van der Waals surface area contributed by atoms with Crippen LogP contribution in [0.25, 0.3) is 0 Å². The molecule has 1 aliphatic heterocycles. The standard InChI is InChI=1S/C19H21N3O3/c23-18(9-13-11-25-17-6-2-1-4-14(13)17)21-10-12-8-16(12)22-19(24)15-5-3-7-20-15/h1-7,12-13,16,20H,8-11H2,(H,21,23)(H,22,24). The molecule has 130 valence electrons. The molecule has 3 unspecified atom stereocenters. The average molecular weight is 339 g/mol. The zero-order valence-electron chi connectivity index (χ0n) is 13.8. The summed E-state index contributed by atoms with van der Waals surface area (Å²) in [7, 11) is 0. The number of aromatic amines is 1. The van der Waals surface area contributed by atoms with E-state index < -0.39 is 0 Å². The number of carbonyl (C=O) groups is 2. The van der Waals surface area contributed by atoms with Crippen LogP contribution in [0.15, 0.2) is 42.6 Å². The number of para-hydroxylation sites is 1. The molecule has 6 nitrogen and oxygen atoms in total. The largest absolute Gasteiger partial charge is 0.493 e. The van der Waals surface area contributed by atoms with Gasteiger partial charge >= 0.3 is 0 Å². The van der Waals surface area contributed by atoms with Crippen molar-refractivity contribution < 1.29 is 14.3 Å². The van der Waals surface area contributed by atoms with E-state index in [2.05, 4.69) is 15.6 Å². The van der Waals surface area contributed by atoms with Gasteiger partial charge in [-0.1, -0.05) is 18.2 Å². The van der Waals surface area contributed by atoms with Gasteiger partial charge < -0.3 is 20.4 Å². The minimum Gasteiger partial charge on any atom is -0.493 e. The van der Waals surface area contributed by atoms with Crippen LogP contribution in [-0.2, 0) is 4.79 Å². The number of hydrogen-bond donors (Lipinski definition) is 3. The van der Waals surface area contributed by atoms with Crippen molar-refractivity contribution in [3.05, 3.63) is 53.9 Å². The van der Waals surface area contributed by atoms with E-state index in [1.54, 1.807) is 18.3 Å². The third kappa shape index (κ3) is 3.52. The predicted molar refractivity (Wildman–Crippen MR) is 92.5 cm³/mol. The molecule has 2 aliphatic rings. The summed E-state index contributed by atoms with van der Waals surface area (Å²) in [6.45, 7) is 1.16. The Bertz CT molecular complexity index is 772. The summed E-state index contributed by atoms with van der Waals surface area (Å²) in [5.74, 6) is 1.26. The molecule has 2 amide bonds. The smallest absolute Gasteiger partial charge is 0.267 e. The van der Waals surface area contributed by atoms with Crippen molar-refractivity contribution in [2.75, 3.05) is 13.2 Å². The number of fused-ring (bicyclic) bond motifs is 1. The lowest BCUT2D eigenvalue weighted by Gasteiger charge is -2.10. The summed E-state index contributed by atoms with van der Waals surface area (Å²) < 4.78 is 5.62. The Morgan fingerprint density at radius 2 is 2.08 bits per heavy atom. The fourth-order valence-corrected chi connectivity index (χ4v) is 3.31.